The SMILES string of the molecule is O=C(Nc1ccccc1)c1ccc(N2CCC(c3nc4ccccc4[nH]3)CC2)nn1. The minimum Gasteiger partial charge on any atom is -0.355 e. The molecule has 1 amide bonds. The average molecular weight is 398 g/mol. The summed E-state index contributed by atoms with van der Waals surface area (Å²) in [7, 11) is 0. The van der Waals surface area contributed by atoms with Gasteiger partial charge in [-0.3, -0.25) is 4.79 Å². The molecule has 7 nitrogen and oxygen atoms in total. The number of rotatable bonds is 4. The predicted octanol–water partition coefficient (Wildman–Crippen LogP) is 3.99. The van der Waals surface area contributed by atoms with E-state index in [4.69, 9.17) is 4.98 Å². The molecule has 2 N–H and O–H groups in total. The Labute approximate surface area is 174 Å². The monoisotopic (exact) mass is 398 g/mol. The second-order valence-corrected chi connectivity index (χ2v) is 7.50. The molecule has 7 heteroatoms. The molecule has 30 heavy (non-hydrogen) atoms. The number of carbonyl (C=O) groups is 1. The fourth-order valence-corrected chi connectivity index (χ4v) is 3.88. The van der Waals surface area contributed by atoms with Gasteiger partial charge in [-0.2, -0.15) is 0 Å². The van der Waals surface area contributed by atoms with Crippen molar-refractivity contribution in [3.63, 3.8) is 0 Å². The summed E-state index contributed by atoms with van der Waals surface area (Å²) in [5, 5.41) is 11.2. The second-order valence-electron chi connectivity index (χ2n) is 7.50. The van der Waals surface area contributed by atoms with Crippen LogP contribution < -0.4 is 10.2 Å². The summed E-state index contributed by atoms with van der Waals surface area (Å²) in [6, 6.07) is 21.1. The van der Waals surface area contributed by atoms with E-state index in [0.717, 1.165) is 54.3 Å². The molecule has 150 valence electrons. The summed E-state index contributed by atoms with van der Waals surface area (Å²) in [5.74, 6) is 2.02. The lowest BCUT2D eigenvalue weighted by atomic mass is 9.96. The third-order valence-electron chi connectivity index (χ3n) is 5.53. The smallest absolute Gasteiger partial charge is 0.276 e. The van der Waals surface area contributed by atoms with Crippen molar-refractivity contribution in [2.75, 3.05) is 23.3 Å². The molecule has 1 fully saturated rings. The normalized spacial score (nSPS) is 14.7. The Kier molecular flexibility index (Phi) is 4.85. The van der Waals surface area contributed by atoms with Crippen molar-refractivity contribution in [3.8, 4) is 0 Å². The molecular weight excluding hydrogens is 376 g/mol. The van der Waals surface area contributed by atoms with E-state index in [-0.39, 0.29) is 5.91 Å². The largest absolute Gasteiger partial charge is 0.355 e. The minimum atomic E-state index is -0.260. The highest BCUT2D eigenvalue weighted by atomic mass is 16.1. The van der Waals surface area contributed by atoms with Crippen LogP contribution in [0.3, 0.4) is 0 Å². The third-order valence-corrected chi connectivity index (χ3v) is 5.53. The molecule has 0 unspecified atom stereocenters. The number of aromatic amines is 1. The number of hydrogen-bond acceptors (Lipinski definition) is 5. The van der Waals surface area contributed by atoms with Gasteiger partial charge in [0.25, 0.3) is 5.91 Å². The van der Waals surface area contributed by atoms with Crippen molar-refractivity contribution in [2.45, 2.75) is 18.8 Å². The van der Waals surface area contributed by atoms with Crippen LogP contribution in [0, 0.1) is 0 Å². The number of nitrogens with one attached hydrogen (secondary N) is 2. The van der Waals surface area contributed by atoms with Crippen LogP contribution in [0.25, 0.3) is 11.0 Å². The van der Waals surface area contributed by atoms with Crippen LogP contribution in [0.4, 0.5) is 11.5 Å². The van der Waals surface area contributed by atoms with E-state index in [2.05, 4.69) is 31.5 Å². The van der Waals surface area contributed by atoms with E-state index in [1.165, 1.54) is 0 Å². The molecule has 5 rings (SSSR count). The van der Waals surface area contributed by atoms with Crippen LogP contribution in [0.5, 0.6) is 0 Å². The standard InChI is InChI=1S/C23H22N6O/c30-23(24-17-6-2-1-3-7-17)20-10-11-21(28-27-20)29-14-12-16(13-15-29)22-25-18-8-4-5-9-19(18)26-22/h1-11,16H,12-15H2,(H,24,30)(H,25,26). The maximum atomic E-state index is 12.3. The first kappa shape index (κ1) is 18.3. The Hall–Kier alpha value is -3.74. The Morgan fingerprint density at radius 1 is 0.933 bits per heavy atom. The third kappa shape index (κ3) is 3.74. The number of benzene rings is 2. The molecular formula is C23H22N6O. The zero-order valence-corrected chi connectivity index (χ0v) is 16.5. The van der Waals surface area contributed by atoms with Gasteiger partial charge in [0, 0.05) is 24.7 Å². The lowest BCUT2D eigenvalue weighted by Gasteiger charge is -2.31. The molecule has 2 aromatic carbocycles. The van der Waals surface area contributed by atoms with Gasteiger partial charge < -0.3 is 15.2 Å². The van der Waals surface area contributed by atoms with E-state index in [9.17, 15) is 4.79 Å². The number of hydrogen-bond donors (Lipinski definition) is 2. The average Bonchev–Trinajstić information content (AvgIpc) is 3.24. The van der Waals surface area contributed by atoms with Crippen molar-refractivity contribution >= 4 is 28.4 Å². The van der Waals surface area contributed by atoms with Crippen LogP contribution in [-0.4, -0.2) is 39.2 Å². The van der Waals surface area contributed by atoms with Gasteiger partial charge in [0.05, 0.1) is 11.0 Å². The van der Waals surface area contributed by atoms with E-state index in [1.54, 1.807) is 6.07 Å². The molecule has 3 heterocycles. The van der Waals surface area contributed by atoms with Gasteiger partial charge in [-0.25, -0.2) is 4.98 Å². The fourth-order valence-electron chi connectivity index (χ4n) is 3.88. The molecule has 0 spiro atoms. The molecule has 0 saturated carbocycles. The Balaban J connectivity index is 1.21. The number of aromatic nitrogens is 4. The highest BCUT2D eigenvalue weighted by Crippen LogP contribution is 2.29. The molecule has 0 aliphatic carbocycles. The van der Waals surface area contributed by atoms with Crippen LogP contribution in [0.1, 0.15) is 35.1 Å². The summed E-state index contributed by atoms with van der Waals surface area (Å²) in [4.78, 5) is 22.8. The summed E-state index contributed by atoms with van der Waals surface area (Å²) >= 11 is 0. The van der Waals surface area contributed by atoms with Crippen LogP contribution in [0.15, 0.2) is 66.7 Å². The Bertz CT molecular complexity index is 1110. The van der Waals surface area contributed by atoms with Crippen molar-refractivity contribution in [1.29, 1.82) is 0 Å². The lowest BCUT2D eigenvalue weighted by molar-refractivity contribution is 0.102. The highest BCUT2D eigenvalue weighted by Gasteiger charge is 2.24. The maximum absolute atomic E-state index is 12.3. The topological polar surface area (TPSA) is 86.8 Å². The molecule has 1 aliphatic heterocycles. The minimum absolute atomic E-state index is 0.260. The number of nitrogens with zero attached hydrogens (tertiary/aromatic N) is 4. The summed E-state index contributed by atoms with van der Waals surface area (Å²) in [6.45, 7) is 1.76. The quantitative estimate of drug-likeness (QED) is 0.543. The number of carbonyl (C=O) groups excluding carboxylic acids is 1. The second kappa shape index (κ2) is 7.94. The number of piperidine rings is 1. The van der Waals surface area contributed by atoms with Gasteiger partial charge in [0.2, 0.25) is 0 Å². The number of amides is 1. The van der Waals surface area contributed by atoms with E-state index in [1.807, 2.05) is 54.6 Å². The zero-order chi connectivity index (χ0) is 20.3. The van der Waals surface area contributed by atoms with Gasteiger partial charge in [-0.05, 0) is 49.2 Å². The first-order chi connectivity index (χ1) is 14.8. The number of para-hydroxylation sites is 3. The first-order valence-electron chi connectivity index (χ1n) is 10.2. The van der Waals surface area contributed by atoms with Gasteiger partial charge >= 0.3 is 0 Å². The van der Waals surface area contributed by atoms with E-state index >= 15 is 0 Å². The fraction of sp³-hybridized carbons (Fsp3) is 0.217. The summed E-state index contributed by atoms with van der Waals surface area (Å²) in [5.41, 5.74) is 3.15. The van der Waals surface area contributed by atoms with E-state index in [0.29, 0.717) is 11.6 Å². The van der Waals surface area contributed by atoms with Crippen LogP contribution >= 0.6 is 0 Å². The molecule has 1 saturated heterocycles. The highest BCUT2D eigenvalue weighted by molar-refractivity contribution is 6.02. The Morgan fingerprint density at radius 2 is 1.70 bits per heavy atom. The molecule has 4 aromatic rings. The Morgan fingerprint density at radius 3 is 2.43 bits per heavy atom. The van der Waals surface area contributed by atoms with Crippen molar-refractivity contribution in [1.82, 2.24) is 20.2 Å². The number of anilines is 2. The lowest BCUT2D eigenvalue weighted by Crippen LogP contribution is -2.34. The molecule has 0 radical (unpaired) electrons. The number of H-pyrrole nitrogens is 1. The molecule has 0 bridgehead atoms. The number of fused-ring (bicyclic) bond motifs is 1. The summed E-state index contributed by atoms with van der Waals surface area (Å²) in [6.07, 6.45) is 2.00. The van der Waals surface area contributed by atoms with Gasteiger partial charge in [0.15, 0.2) is 11.5 Å². The van der Waals surface area contributed by atoms with Crippen molar-refractivity contribution < 1.29 is 4.79 Å². The number of imidazole rings is 1. The maximum Gasteiger partial charge on any atom is 0.276 e. The van der Waals surface area contributed by atoms with E-state index < -0.39 is 0 Å². The van der Waals surface area contributed by atoms with Crippen LogP contribution in [-0.2, 0) is 0 Å². The predicted molar refractivity (Wildman–Crippen MR) is 117 cm³/mol. The molecule has 2 aromatic heterocycles. The van der Waals surface area contributed by atoms with Crippen LogP contribution in [0.2, 0.25) is 0 Å². The van der Waals surface area contributed by atoms with Crippen molar-refractivity contribution in [2.24, 2.45) is 0 Å². The van der Waals surface area contributed by atoms with Crippen molar-refractivity contribution in [3.05, 3.63) is 78.2 Å². The van der Waals surface area contributed by atoms with Gasteiger partial charge in [0.1, 0.15) is 5.82 Å². The van der Waals surface area contributed by atoms with Gasteiger partial charge in [-0.1, -0.05) is 30.3 Å². The first-order valence-corrected chi connectivity index (χ1v) is 10.2. The van der Waals surface area contributed by atoms with Gasteiger partial charge in [-0.15, -0.1) is 10.2 Å². The molecule has 0 atom stereocenters. The zero-order valence-electron chi connectivity index (χ0n) is 16.5. The molecule has 1 aliphatic rings. The summed E-state index contributed by atoms with van der Waals surface area (Å²) < 4.78 is 0.